The Hall–Kier alpha value is -0.730. The maximum atomic E-state index is 12.1. The van der Waals surface area contributed by atoms with Gasteiger partial charge in [-0.1, -0.05) is 6.92 Å². The lowest BCUT2D eigenvalue weighted by Gasteiger charge is -2.21. The minimum Gasteiger partial charge on any atom is -0.396 e. The van der Waals surface area contributed by atoms with Crippen LogP contribution in [0.5, 0.6) is 0 Å². The first kappa shape index (κ1) is 16.6. The zero-order valence-electron chi connectivity index (χ0n) is 12.2. The number of nitrogens with zero attached hydrogens (tertiary/aromatic N) is 1. The molecule has 0 bridgehead atoms. The average Bonchev–Trinajstić information content (AvgIpc) is 2.62. The quantitative estimate of drug-likeness (QED) is 0.841. The fourth-order valence-corrected chi connectivity index (χ4v) is 5.96. The Morgan fingerprint density at radius 3 is 2.67 bits per heavy atom. The number of nitrogen functional groups attached to an aromatic ring is 1. The van der Waals surface area contributed by atoms with Crippen molar-refractivity contribution in [3.8, 4) is 0 Å². The molecule has 0 atom stereocenters. The first-order chi connectivity index (χ1) is 9.86. The van der Waals surface area contributed by atoms with Gasteiger partial charge in [-0.25, -0.2) is 8.42 Å². The highest BCUT2D eigenvalue weighted by Gasteiger charge is 2.29. The fraction of sp³-hybridized carbons (Fsp3) is 0.615. The molecule has 0 unspecified atom stereocenters. The third-order valence-electron chi connectivity index (χ3n) is 3.34. The lowest BCUT2D eigenvalue weighted by atomic mass is 10.2. The van der Waals surface area contributed by atoms with Gasteiger partial charge in [-0.05, 0) is 12.2 Å². The van der Waals surface area contributed by atoms with E-state index in [0.717, 1.165) is 37.3 Å². The molecule has 1 aliphatic heterocycles. The fourth-order valence-electron chi connectivity index (χ4n) is 2.30. The molecule has 1 fully saturated rings. The molecule has 0 amide bonds. The second-order valence-electron chi connectivity index (χ2n) is 4.98. The molecule has 0 spiro atoms. The number of carbonyl (C=O) groups excluding carboxylic acids is 1. The molecule has 2 N–H and O–H groups in total. The van der Waals surface area contributed by atoms with Crippen molar-refractivity contribution in [3.63, 3.8) is 0 Å². The normalized spacial score (nSPS) is 16.8. The molecule has 118 valence electrons. The SMILES string of the molecule is CCC(=O)c1sc(N2CCCSCC2)c(S(C)(=O)=O)c1N. The van der Waals surface area contributed by atoms with Crippen LogP contribution in [0.3, 0.4) is 0 Å². The topological polar surface area (TPSA) is 80.5 Å². The molecule has 1 aromatic rings. The molecular formula is C13H20N2O3S3. The van der Waals surface area contributed by atoms with Crippen molar-refractivity contribution < 1.29 is 13.2 Å². The zero-order chi connectivity index (χ0) is 15.6. The molecule has 2 rings (SSSR count). The van der Waals surface area contributed by atoms with Gasteiger partial charge in [0.25, 0.3) is 0 Å². The van der Waals surface area contributed by atoms with Crippen molar-refractivity contribution in [1.29, 1.82) is 0 Å². The van der Waals surface area contributed by atoms with E-state index in [2.05, 4.69) is 4.90 Å². The van der Waals surface area contributed by atoms with Crippen LogP contribution < -0.4 is 10.6 Å². The number of anilines is 2. The lowest BCUT2D eigenvalue weighted by Crippen LogP contribution is -2.26. The molecule has 8 heteroatoms. The molecule has 0 aliphatic carbocycles. The van der Waals surface area contributed by atoms with Crippen molar-refractivity contribution in [1.82, 2.24) is 0 Å². The third kappa shape index (κ3) is 3.54. The van der Waals surface area contributed by atoms with Crippen molar-refractivity contribution in [3.05, 3.63) is 4.88 Å². The molecule has 0 aromatic carbocycles. The minimum absolute atomic E-state index is 0.0992. The summed E-state index contributed by atoms with van der Waals surface area (Å²) in [5.74, 6) is 1.93. The zero-order valence-corrected chi connectivity index (χ0v) is 14.7. The molecule has 2 heterocycles. The van der Waals surface area contributed by atoms with Crippen LogP contribution in [0, 0.1) is 0 Å². The van der Waals surface area contributed by atoms with Crippen LogP contribution in [-0.4, -0.2) is 45.1 Å². The average molecular weight is 349 g/mol. The van der Waals surface area contributed by atoms with Gasteiger partial charge in [-0.15, -0.1) is 11.3 Å². The molecule has 0 radical (unpaired) electrons. The van der Waals surface area contributed by atoms with Crippen LogP contribution in [0.1, 0.15) is 29.4 Å². The van der Waals surface area contributed by atoms with Crippen LogP contribution in [0.15, 0.2) is 4.90 Å². The van der Waals surface area contributed by atoms with E-state index in [1.54, 1.807) is 6.92 Å². The summed E-state index contributed by atoms with van der Waals surface area (Å²) >= 11 is 3.09. The number of carbonyl (C=O) groups is 1. The van der Waals surface area contributed by atoms with Crippen molar-refractivity contribution in [2.75, 3.05) is 41.5 Å². The Morgan fingerprint density at radius 1 is 1.33 bits per heavy atom. The first-order valence-corrected chi connectivity index (χ1v) is 10.7. The number of hydrogen-bond acceptors (Lipinski definition) is 7. The monoisotopic (exact) mass is 348 g/mol. The van der Waals surface area contributed by atoms with Gasteiger partial charge >= 0.3 is 0 Å². The van der Waals surface area contributed by atoms with Gasteiger partial charge in [0.1, 0.15) is 9.90 Å². The summed E-state index contributed by atoms with van der Waals surface area (Å²) < 4.78 is 24.2. The second kappa shape index (κ2) is 6.58. The largest absolute Gasteiger partial charge is 0.396 e. The molecular weight excluding hydrogens is 328 g/mol. The van der Waals surface area contributed by atoms with Gasteiger partial charge in [0.15, 0.2) is 15.6 Å². The summed E-state index contributed by atoms with van der Waals surface area (Å²) in [7, 11) is -3.46. The van der Waals surface area contributed by atoms with Crippen LogP contribution in [0.2, 0.25) is 0 Å². The number of hydrogen-bond donors (Lipinski definition) is 1. The van der Waals surface area contributed by atoms with E-state index < -0.39 is 9.84 Å². The maximum Gasteiger partial charge on any atom is 0.180 e. The molecule has 1 saturated heterocycles. The Labute approximate surface area is 133 Å². The van der Waals surface area contributed by atoms with Gasteiger partial charge in [0.2, 0.25) is 0 Å². The Balaban J connectivity index is 2.55. The van der Waals surface area contributed by atoms with Crippen LogP contribution in [0.4, 0.5) is 10.7 Å². The third-order valence-corrected chi connectivity index (χ3v) is 6.98. The van der Waals surface area contributed by atoms with Gasteiger partial charge in [-0.2, -0.15) is 11.8 Å². The maximum absolute atomic E-state index is 12.1. The smallest absolute Gasteiger partial charge is 0.180 e. The molecule has 1 aromatic heterocycles. The lowest BCUT2D eigenvalue weighted by molar-refractivity contribution is 0.0992. The van der Waals surface area contributed by atoms with Crippen molar-refractivity contribution in [2.45, 2.75) is 24.7 Å². The highest BCUT2D eigenvalue weighted by Crippen LogP contribution is 2.42. The number of thioether (sulfide) groups is 1. The number of rotatable bonds is 4. The van der Waals surface area contributed by atoms with E-state index in [1.807, 2.05) is 11.8 Å². The Morgan fingerprint density at radius 2 is 2.05 bits per heavy atom. The Kier molecular flexibility index (Phi) is 5.21. The first-order valence-electron chi connectivity index (χ1n) is 6.84. The highest BCUT2D eigenvalue weighted by molar-refractivity contribution is 7.99. The summed E-state index contributed by atoms with van der Waals surface area (Å²) in [5, 5.41) is 0.634. The Bertz CT molecular complexity index is 629. The van der Waals surface area contributed by atoms with Gasteiger partial charge in [0.05, 0.1) is 10.6 Å². The number of ketones is 1. The predicted molar refractivity (Wildman–Crippen MR) is 90.6 cm³/mol. The van der Waals surface area contributed by atoms with Crippen molar-refractivity contribution in [2.24, 2.45) is 0 Å². The number of thiophene rings is 1. The minimum atomic E-state index is -3.46. The van der Waals surface area contributed by atoms with Crippen LogP contribution >= 0.6 is 23.1 Å². The summed E-state index contributed by atoms with van der Waals surface area (Å²) in [6, 6.07) is 0. The van der Waals surface area contributed by atoms with Crippen molar-refractivity contribution >= 4 is 49.4 Å². The molecule has 0 saturated carbocycles. The second-order valence-corrected chi connectivity index (χ2v) is 9.16. The van der Waals surface area contributed by atoms with E-state index >= 15 is 0 Å². The molecule has 21 heavy (non-hydrogen) atoms. The summed E-state index contributed by atoms with van der Waals surface area (Å²) in [6.45, 7) is 3.34. The van der Waals surface area contributed by atoms with E-state index in [9.17, 15) is 13.2 Å². The van der Waals surface area contributed by atoms with Crippen LogP contribution in [0.25, 0.3) is 0 Å². The van der Waals surface area contributed by atoms with Crippen LogP contribution in [-0.2, 0) is 9.84 Å². The summed E-state index contributed by atoms with van der Waals surface area (Å²) in [6.07, 6.45) is 2.48. The summed E-state index contributed by atoms with van der Waals surface area (Å²) in [5.41, 5.74) is 6.12. The van der Waals surface area contributed by atoms with E-state index in [-0.39, 0.29) is 16.4 Å². The highest BCUT2D eigenvalue weighted by atomic mass is 32.2. The number of nitrogens with two attached hydrogens (primary N) is 1. The summed E-state index contributed by atoms with van der Waals surface area (Å²) in [4.78, 5) is 14.6. The van der Waals surface area contributed by atoms with Gasteiger partial charge in [-0.3, -0.25) is 4.79 Å². The van der Waals surface area contributed by atoms with Gasteiger partial charge in [0, 0.05) is 31.5 Å². The molecule has 5 nitrogen and oxygen atoms in total. The van der Waals surface area contributed by atoms with E-state index in [4.69, 9.17) is 5.73 Å². The molecule has 1 aliphatic rings. The van der Waals surface area contributed by atoms with Gasteiger partial charge < -0.3 is 10.6 Å². The van der Waals surface area contributed by atoms with E-state index in [1.165, 1.54) is 11.3 Å². The standard InChI is InChI=1S/C13H20N2O3S3/c1-3-9(16)11-10(14)12(21(2,17)18)13(20-11)15-5-4-7-19-8-6-15/h3-8,14H2,1-2H3. The number of Topliss-reactive ketones (excluding diaryl/α,β-unsaturated/α-hetero) is 1. The predicted octanol–water partition coefficient (Wildman–Crippen LogP) is 2.27. The number of sulfone groups is 1. The van der Waals surface area contributed by atoms with E-state index in [0.29, 0.717) is 16.3 Å².